The zero-order valence-corrected chi connectivity index (χ0v) is 12.9. The number of nitrogens with zero attached hydrogens (tertiary/aromatic N) is 1. The van der Waals surface area contributed by atoms with Crippen LogP contribution in [0.25, 0.3) is 0 Å². The lowest BCUT2D eigenvalue weighted by molar-refractivity contribution is -0.128. The summed E-state index contributed by atoms with van der Waals surface area (Å²) in [6.45, 7) is 5.76. The molecule has 1 aromatic rings. The van der Waals surface area contributed by atoms with Gasteiger partial charge in [-0.25, -0.2) is 0 Å². The van der Waals surface area contributed by atoms with Gasteiger partial charge in [-0.05, 0) is 31.5 Å². The molecule has 1 aliphatic heterocycles. The first kappa shape index (κ1) is 16.3. The van der Waals surface area contributed by atoms with Crippen molar-refractivity contribution in [2.75, 3.05) is 31.9 Å². The van der Waals surface area contributed by atoms with Crippen molar-refractivity contribution in [1.82, 2.24) is 10.2 Å². The minimum absolute atomic E-state index is 0. The van der Waals surface area contributed by atoms with Crippen LogP contribution in [0.5, 0.6) is 0 Å². The Morgan fingerprint density at radius 3 is 2.89 bits per heavy atom. The predicted octanol–water partition coefficient (Wildman–Crippen LogP) is 2.33. The van der Waals surface area contributed by atoms with Gasteiger partial charge in [0.15, 0.2) is 0 Å². The van der Waals surface area contributed by atoms with Crippen molar-refractivity contribution in [2.45, 2.75) is 18.2 Å². The average Bonchev–Trinajstić information content (AvgIpc) is 2.66. The number of benzene rings is 1. The summed E-state index contributed by atoms with van der Waals surface area (Å²) in [5.41, 5.74) is 1.24. The Kier molecular flexibility index (Phi) is 7.28. The van der Waals surface area contributed by atoms with E-state index in [9.17, 15) is 4.79 Å². The topological polar surface area (TPSA) is 32.3 Å². The number of hydrogen-bond donors (Lipinski definition) is 1. The van der Waals surface area contributed by atoms with Crippen LogP contribution in [0.2, 0.25) is 0 Å². The molecule has 1 aromatic carbocycles. The van der Waals surface area contributed by atoms with Gasteiger partial charge in [-0.2, -0.15) is 0 Å². The summed E-state index contributed by atoms with van der Waals surface area (Å²) in [5, 5.41) is 3.31. The lowest BCUT2D eigenvalue weighted by Gasteiger charge is -2.19. The molecule has 0 radical (unpaired) electrons. The number of amides is 1. The van der Waals surface area contributed by atoms with Crippen LogP contribution in [-0.2, 0) is 4.79 Å². The second kappa shape index (κ2) is 8.46. The van der Waals surface area contributed by atoms with Crippen LogP contribution < -0.4 is 5.32 Å². The summed E-state index contributed by atoms with van der Waals surface area (Å²) in [5.74, 6) is 0.803. The van der Waals surface area contributed by atoms with E-state index in [2.05, 4.69) is 24.4 Å². The Morgan fingerprint density at radius 1 is 1.32 bits per heavy atom. The fourth-order valence-corrected chi connectivity index (χ4v) is 2.98. The highest BCUT2D eigenvalue weighted by Crippen LogP contribution is 2.22. The van der Waals surface area contributed by atoms with Crippen molar-refractivity contribution in [3.8, 4) is 0 Å². The molecule has 2 rings (SSSR count). The molecule has 0 bridgehead atoms. The van der Waals surface area contributed by atoms with Gasteiger partial charge in [-0.15, -0.1) is 24.2 Å². The van der Waals surface area contributed by atoms with Crippen molar-refractivity contribution in [3.63, 3.8) is 0 Å². The fraction of sp³-hybridized carbons (Fsp3) is 0.500. The van der Waals surface area contributed by atoms with E-state index in [0.717, 1.165) is 32.6 Å². The molecule has 0 spiro atoms. The molecule has 5 heteroatoms. The average molecular weight is 301 g/mol. The van der Waals surface area contributed by atoms with Gasteiger partial charge in [-0.1, -0.05) is 18.2 Å². The number of aryl methyl sites for hydroxylation is 1. The Hall–Kier alpha value is -0.710. The minimum Gasteiger partial charge on any atom is -0.341 e. The summed E-state index contributed by atoms with van der Waals surface area (Å²) >= 11 is 1.64. The largest absolute Gasteiger partial charge is 0.341 e. The third-order valence-corrected chi connectivity index (χ3v) is 4.30. The number of rotatable bonds is 3. The van der Waals surface area contributed by atoms with Crippen LogP contribution in [0.4, 0.5) is 0 Å². The van der Waals surface area contributed by atoms with Crippen molar-refractivity contribution < 1.29 is 4.79 Å². The molecular formula is C14H21ClN2OS. The maximum atomic E-state index is 12.1. The molecule has 1 amide bonds. The zero-order chi connectivity index (χ0) is 12.8. The Balaban J connectivity index is 0.00000180. The van der Waals surface area contributed by atoms with Gasteiger partial charge in [0.05, 0.1) is 5.75 Å². The van der Waals surface area contributed by atoms with E-state index in [0.29, 0.717) is 5.75 Å². The molecule has 1 heterocycles. The highest BCUT2D eigenvalue weighted by atomic mass is 35.5. The summed E-state index contributed by atoms with van der Waals surface area (Å²) in [6, 6.07) is 8.22. The smallest absolute Gasteiger partial charge is 0.232 e. The number of carbonyl (C=O) groups excluding carboxylic acids is 1. The second-order valence-corrected chi connectivity index (χ2v) is 5.56. The summed E-state index contributed by atoms with van der Waals surface area (Å²) in [6.07, 6.45) is 1.06. The van der Waals surface area contributed by atoms with E-state index in [1.54, 1.807) is 11.8 Å². The molecule has 3 nitrogen and oxygen atoms in total. The van der Waals surface area contributed by atoms with Crippen molar-refractivity contribution in [1.29, 1.82) is 0 Å². The van der Waals surface area contributed by atoms with Gasteiger partial charge in [0.1, 0.15) is 0 Å². The number of thioether (sulfide) groups is 1. The molecule has 19 heavy (non-hydrogen) atoms. The normalized spacial score (nSPS) is 15.5. The molecule has 1 saturated heterocycles. The molecule has 0 aliphatic carbocycles. The van der Waals surface area contributed by atoms with Crippen LogP contribution in [0.1, 0.15) is 12.0 Å². The van der Waals surface area contributed by atoms with Crippen molar-refractivity contribution in [2.24, 2.45) is 0 Å². The summed E-state index contributed by atoms with van der Waals surface area (Å²) in [4.78, 5) is 15.3. The number of halogens is 1. The molecule has 0 saturated carbocycles. The van der Waals surface area contributed by atoms with E-state index in [-0.39, 0.29) is 18.3 Å². The van der Waals surface area contributed by atoms with E-state index in [1.165, 1.54) is 10.5 Å². The van der Waals surface area contributed by atoms with Crippen molar-refractivity contribution in [3.05, 3.63) is 29.8 Å². The highest BCUT2D eigenvalue weighted by molar-refractivity contribution is 8.00. The van der Waals surface area contributed by atoms with Crippen molar-refractivity contribution >= 4 is 30.1 Å². The van der Waals surface area contributed by atoms with E-state index >= 15 is 0 Å². The molecule has 1 aliphatic rings. The maximum absolute atomic E-state index is 12.1. The third kappa shape index (κ3) is 5.05. The molecule has 106 valence electrons. The minimum atomic E-state index is 0. The van der Waals surface area contributed by atoms with Gasteiger partial charge in [0.25, 0.3) is 0 Å². The van der Waals surface area contributed by atoms with E-state index in [4.69, 9.17) is 0 Å². The maximum Gasteiger partial charge on any atom is 0.232 e. The standard InChI is InChI=1S/C14H20N2OS.ClH/c1-12-5-2-3-6-13(12)18-11-14(17)16-9-4-7-15-8-10-16;/h2-3,5-6,15H,4,7-11H2,1H3;1H. The van der Waals surface area contributed by atoms with Gasteiger partial charge in [-0.3, -0.25) is 4.79 Å². The first-order chi connectivity index (χ1) is 8.77. The summed E-state index contributed by atoms with van der Waals surface area (Å²) < 4.78 is 0. The van der Waals surface area contributed by atoms with Crippen LogP contribution >= 0.6 is 24.2 Å². The second-order valence-electron chi connectivity index (χ2n) is 4.54. The van der Waals surface area contributed by atoms with E-state index < -0.39 is 0 Å². The molecule has 0 unspecified atom stereocenters. The van der Waals surface area contributed by atoms with Crippen LogP contribution in [-0.4, -0.2) is 42.7 Å². The first-order valence-electron chi connectivity index (χ1n) is 6.44. The predicted molar refractivity (Wildman–Crippen MR) is 83.2 cm³/mol. The molecule has 0 atom stereocenters. The molecule has 1 fully saturated rings. The molecular weight excluding hydrogens is 280 g/mol. The van der Waals surface area contributed by atoms with E-state index in [1.807, 2.05) is 17.0 Å². The monoisotopic (exact) mass is 300 g/mol. The van der Waals surface area contributed by atoms with Gasteiger partial charge >= 0.3 is 0 Å². The first-order valence-corrected chi connectivity index (χ1v) is 7.43. The van der Waals surface area contributed by atoms with Gasteiger partial charge in [0.2, 0.25) is 5.91 Å². The third-order valence-electron chi connectivity index (χ3n) is 3.14. The number of nitrogens with one attached hydrogen (secondary N) is 1. The fourth-order valence-electron chi connectivity index (χ4n) is 2.04. The van der Waals surface area contributed by atoms with Crippen LogP contribution in [0.3, 0.4) is 0 Å². The van der Waals surface area contributed by atoms with Gasteiger partial charge in [0, 0.05) is 24.5 Å². The van der Waals surface area contributed by atoms with Crippen LogP contribution in [0.15, 0.2) is 29.2 Å². The summed E-state index contributed by atoms with van der Waals surface area (Å²) in [7, 11) is 0. The lowest BCUT2D eigenvalue weighted by atomic mass is 10.2. The molecule has 0 aromatic heterocycles. The Morgan fingerprint density at radius 2 is 2.11 bits per heavy atom. The number of carbonyl (C=O) groups is 1. The highest BCUT2D eigenvalue weighted by Gasteiger charge is 2.15. The van der Waals surface area contributed by atoms with Crippen LogP contribution in [0, 0.1) is 6.92 Å². The Bertz CT molecular complexity index is 406. The Labute approximate surface area is 125 Å². The van der Waals surface area contributed by atoms with Gasteiger partial charge < -0.3 is 10.2 Å². The SMILES string of the molecule is Cc1ccccc1SCC(=O)N1CCCNCC1.Cl. The quantitative estimate of drug-likeness (QED) is 0.870. The lowest BCUT2D eigenvalue weighted by Crippen LogP contribution is -2.35. The number of hydrogen-bond acceptors (Lipinski definition) is 3. The molecule has 1 N–H and O–H groups in total. The zero-order valence-electron chi connectivity index (χ0n) is 11.2.